The summed E-state index contributed by atoms with van der Waals surface area (Å²) >= 11 is 0. The molecule has 0 aromatic heterocycles. The molecule has 1 aromatic carbocycles. The number of likely N-dealkylation sites (tertiary alicyclic amines) is 1. The van der Waals surface area contributed by atoms with Crippen molar-refractivity contribution in [2.75, 3.05) is 18.9 Å². The van der Waals surface area contributed by atoms with Crippen molar-refractivity contribution >= 4 is 23.5 Å². The molecule has 1 aliphatic rings. The third kappa shape index (κ3) is 3.14. The first-order valence-corrected chi connectivity index (χ1v) is 6.35. The van der Waals surface area contributed by atoms with Crippen LogP contribution in [0.25, 0.3) is 0 Å². The highest BCUT2D eigenvalue weighted by Gasteiger charge is 2.28. The fourth-order valence-corrected chi connectivity index (χ4v) is 2.14. The highest BCUT2D eigenvalue weighted by Crippen LogP contribution is 2.20. The van der Waals surface area contributed by atoms with Gasteiger partial charge in [-0.1, -0.05) is 6.07 Å². The minimum atomic E-state index is -1.05. The molecule has 0 saturated carbocycles. The second kappa shape index (κ2) is 5.73. The first-order chi connectivity index (χ1) is 9.47. The molecular formula is C14H16N2O4. The molecule has 0 spiro atoms. The van der Waals surface area contributed by atoms with Crippen molar-refractivity contribution in [2.24, 2.45) is 5.92 Å². The van der Waals surface area contributed by atoms with E-state index in [4.69, 9.17) is 5.11 Å². The number of rotatable bonds is 3. The largest absolute Gasteiger partial charge is 0.478 e. The monoisotopic (exact) mass is 276 g/mol. The molecule has 6 nitrogen and oxygen atoms in total. The molecule has 1 aromatic rings. The molecule has 0 bridgehead atoms. The Morgan fingerprint density at radius 2 is 2.15 bits per heavy atom. The molecule has 1 saturated heterocycles. The van der Waals surface area contributed by atoms with E-state index in [0.29, 0.717) is 18.7 Å². The van der Waals surface area contributed by atoms with Gasteiger partial charge in [-0.3, -0.25) is 9.59 Å². The van der Waals surface area contributed by atoms with Crippen molar-refractivity contribution in [3.8, 4) is 0 Å². The number of carboxylic acids is 1. The number of anilines is 1. The topological polar surface area (TPSA) is 86.7 Å². The Kier molecular flexibility index (Phi) is 4.02. The molecule has 1 heterocycles. The molecule has 106 valence electrons. The second-order valence-corrected chi connectivity index (χ2v) is 4.88. The summed E-state index contributed by atoms with van der Waals surface area (Å²) < 4.78 is 0. The third-order valence-electron chi connectivity index (χ3n) is 3.41. The molecule has 2 amide bonds. The first kappa shape index (κ1) is 14.0. The van der Waals surface area contributed by atoms with E-state index in [1.54, 1.807) is 24.1 Å². The lowest BCUT2D eigenvalue weighted by atomic mass is 9.95. The van der Waals surface area contributed by atoms with Crippen molar-refractivity contribution in [2.45, 2.75) is 12.8 Å². The number of hydrogen-bond acceptors (Lipinski definition) is 3. The number of aromatic carboxylic acids is 1. The summed E-state index contributed by atoms with van der Waals surface area (Å²) in [5, 5.41) is 11.6. The number of carbonyl (C=O) groups is 3. The fourth-order valence-electron chi connectivity index (χ4n) is 2.14. The minimum Gasteiger partial charge on any atom is -0.478 e. The molecule has 6 heteroatoms. The van der Waals surface area contributed by atoms with Crippen LogP contribution in [-0.2, 0) is 9.59 Å². The highest BCUT2D eigenvalue weighted by atomic mass is 16.4. The van der Waals surface area contributed by atoms with Gasteiger partial charge in [0.05, 0.1) is 5.56 Å². The van der Waals surface area contributed by atoms with E-state index in [-0.39, 0.29) is 29.7 Å². The summed E-state index contributed by atoms with van der Waals surface area (Å²) in [5.74, 6) is -1.69. The molecular weight excluding hydrogens is 260 g/mol. The van der Waals surface area contributed by atoms with Crippen LogP contribution < -0.4 is 5.32 Å². The van der Waals surface area contributed by atoms with Gasteiger partial charge in [-0.25, -0.2) is 4.79 Å². The Morgan fingerprint density at radius 1 is 1.40 bits per heavy atom. The van der Waals surface area contributed by atoms with Gasteiger partial charge in [0.15, 0.2) is 0 Å². The van der Waals surface area contributed by atoms with Gasteiger partial charge in [-0.05, 0) is 24.6 Å². The zero-order chi connectivity index (χ0) is 14.7. The van der Waals surface area contributed by atoms with Crippen molar-refractivity contribution in [3.05, 3.63) is 29.8 Å². The molecule has 2 N–H and O–H groups in total. The van der Waals surface area contributed by atoms with E-state index in [1.165, 1.54) is 12.1 Å². The highest BCUT2D eigenvalue weighted by molar-refractivity contribution is 5.97. The van der Waals surface area contributed by atoms with Gasteiger partial charge in [0.1, 0.15) is 0 Å². The van der Waals surface area contributed by atoms with Gasteiger partial charge in [0, 0.05) is 31.6 Å². The van der Waals surface area contributed by atoms with Crippen LogP contribution >= 0.6 is 0 Å². The lowest BCUT2D eigenvalue weighted by Crippen LogP contribution is -2.39. The van der Waals surface area contributed by atoms with Gasteiger partial charge >= 0.3 is 5.97 Å². The zero-order valence-corrected chi connectivity index (χ0v) is 11.1. The minimum absolute atomic E-state index is 0.0457. The Labute approximate surface area is 116 Å². The van der Waals surface area contributed by atoms with Crippen molar-refractivity contribution in [1.82, 2.24) is 4.90 Å². The number of benzene rings is 1. The average molecular weight is 276 g/mol. The Bertz CT molecular complexity index is 556. The standard InChI is InChI=1S/C14H16N2O4/c1-16-6-5-9(8-12(16)17)13(18)15-11-4-2-3-10(7-11)14(19)20/h2-4,7,9H,5-6,8H2,1H3,(H,15,18)(H,19,20). The summed E-state index contributed by atoms with van der Waals surface area (Å²) in [7, 11) is 1.72. The number of nitrogens with zero attached hydrogens (tertiary/aromatic N) is 1. The predicted molar refractivity (Wildman–Crippen MR) is 72.4 cm³/mol. The van der Waals surface area contributed by atoms with Crippen LogP contribution in [-0.4, -0.2) is 41.4 Å². The Hall–Kier alpha value is -2.37. The van der Waals surface area contributed by atoms with Crippen molar-refractivity contribution in [3.63, 3.8) is 0 Å². The molecule has 2 rings (SSSR count). The van der Waals surface area contributed by atoms with Gasteiger partial charge in [0.25, 0.3) is 0 Å². The smallest absolute Gasteiger partial charge is 0.335 e. The van der Waals surface area contributed by atoms with E-state index in [0.717, 1.165) is 0 Å². The normalized spacial score (nSPS) is 18.8. The maximum Gasteiger partial charge on any atom is 0.335 e. The molecule has 1 aliphatic heterocycles. The number of carbonyl (C=O) groups excluding carboxylic acids is 2. The predicted octanol–water partition coefficient (Wildman–Crippen LogP) is 1.19. The summed E-state index contributed by atoms with van der Waals surface area (Å²) in [5.41, 5.74) is 0.545. The van der Waals surface area contributed by atoms with Crippen LogP contribution in [0.5, 0.6) is 0 Å². The van der Waals surface area contributed by atoms with E-state index in [1.807, 2.05) is 0 Å². The Morgan fingerprint density at radius 3 is 2.80 bits per heavy atom. The molecule has 20 heavy (non-hydrogen) atoms. The summed E-state index contributed by atoms with van der Waals surface area (Å²) in [6, 6.07) is 6.05. The average Bonchev–Trinajstić information content (AvgIpc) is 2.42. The SMILES string of the molecule is CN1CCC(C(=O)Nc2cccc(C(=O)O)c2)CC1=O. The quantitative estimate of drug-likeness (QED) is 0.868. The van der Waals surface area contributed by atoms with Crippen LogP contribution in [0.1, 0.15) is 23.2 Å². The van der Waals surface area contributed by atoms with Crippen LogP contribution in [0.3, 0.4) is 0 Å². The first-order valence-electron chi connectivity index (χ1n) is 6.35. The number of carboxylic acid groups (broad SMARTS) is 1. The second-order valence-electron chi connectivity index (χ2n) is 4.88. The van der Waals surface area contributed by atoms with E-state index < -0.39 is 5.97 Å². The number of hydrogen-bond donors (Lipinski definition) is 2. The molecule has 0 aliphatic carbocycles. The maximum atomic E-state index is 12.1. The van der Waals surface area contributed by atoms with Crippen molar-refractivity contribution in [1.29, 1.82) is 0 Å². The zero-order valence-electron chi connectivity index (χ0n) is 11.1. The van der Waals surface area contributed by atoms with Gasteiger partial charge in [0.2, 0.25) is 11.8 Å². The fraction of sp³-hybridized carbons (Fsp3) is 0.357. The van der Waals surface area contributed by atoms with Gasteiger partial charge in [-0.2, -0.15) is 0 Å². The van der Waals surface area contributed by atoms with Gasteiger partial charge < -0.3 is 15.3 Å². The summed E-state index contributed by atoms with van der Waals surface area (Å²) in [6.45, 7) is 0.562. The van der Waals surface area contributed by atoms with E-state index in [2.05, 4.69) is 5.32 Å². The Balaban J connectivity index is 2.03. The van der Waals surface area contributed by atoms with Crippen LogP contribution in [0, 0.1) is 5.92 Å². The number of nitrogens with one attached hydrogen (secondary N) is 1. The van der Waals surface area contributed by atoms with Crippen LogP contribution in [0.15, 0.2) is 24.3 Å². The van der Waals surface area contributed by atoms with Gasteiger partial charge in [-0.15, -0.1) is 0 Å². The molecule has 1 fully saturated rings. The molecule has 0 radical (unpaired) electrons. The van der Waals surface area contributed by atoms with Crippen molar-refractivity contribution < 1.29 is 19.5 Å². The van der Waals surface area contributed by atoms with Crippen LogP contribution in [0.2, 0.25) is 0 Å². The summed E-state index contributed by atoms with van der Waals surface area (Å²) in [4.78, 5) is 36.1. The van der Waals surface area contributed by atoms with Crippen LogP contribution in [0.4, 0.5) is 5.69 Å². The lowest BCUT2D eigenvalue weighted by molar-refractivity contribution is -0.137. The number of piperidine rings is 1. The van der Waals surface area contributed by atoms with E-state index >= 15 is 0 Å². The molecule has 1 atom stereocenters. The number of amides is 2. The summed E-state index contributed by atoms with van der Waals surface area (Å²) in [6.07, 6.45) is 0.813. The third-order valence-corrected chi connectivity index (χ3v) is 3.41. The van der Waals surface area contributed by atoms with E-state index in [9.17, 15) is 14.4 Å². The lowest BCUT2D eigenvalue weighted by Gasteiger charge is -2.27. The maximum absolute atomic E-state index is 12.1. The molecule has 1 unspecified atom stereocenters.